The van der Waals surface area contributed by atoms with Crippen LogP contribution >= 0.6 is 12.2 Å². The molecule has 2 N–H and O–H groups in total. The lowest BCUT2D eigenvalue weighted by atomic mass is 10.0. The van der Waals surface area contributed by atoms with Gasteiger partial charge < -0.3 is 9.88 Å². The highest BCUT2D eigenvalue weighted by atomic mass is 32.1. The number of hydrogen-bond acceptors (Lipinski definition) is 3. The van der Waals surface area contributed by atoms with Gasteiger partial charge in [0, 0.05) is 26.4 Å². The molecule has 0 saturated heterocycles. The van der Waals surface area contributed by atoms with Crippen LogP contribution in [0.3, 0.4) is 0 Å². The van der Waals surface area contributed by atoms with Crippen LogP contribution < -0.4 is 5.32 Å². The number of carbonyl (C=O) groups is 1. The Morgan fingerprint density at radius 3 is 2.89 bits per heavy atom. The second kappa shape index (κ2) is 6.13. The van der Waals surface area contributed by atoms with Crippen LogP contribution in [-0.4, -0.2) is 27.2 Å². The number of carbonyl (C=O) groups excluding carboxylic acids is 1. The monoisotopic (exact) mass is 268 g/mol. The number of H-pyrrole nitrogens is 1. The number of aromatic amines is 1. The van der Waals surface area contributed by atoms with Crippen LogP contribution in [0.5, 0.6) is 0 Å². The van der Waals surface area contributed by atoms with Crippen molar-refractivity contribution < 1.29 is 4.79 Å². The van der Waals surface area contributed by atoms with Crippen molar-refractivity contribution in [2.24, 2.45) is 13.0 Å². The zero-order valence-electron chi connectivity index (χ0n) is 10.7. The zero-order chi connectivity index (χ0) is 13.0. The second-order valence-electron chi connectivity index (χ2n) is 4.96. The average Bonchev–Trinajstić information content (AvgIpc) is 2.94. The standard InChI is InChI=1S/C12H20N4OS/c1-16-10(14-15-12(16)18)6-7-13-11(17)8-9-4-2-3-5-9/h9H,2-8H2,1H3,(H,13,17)(H,15,18). The highest BCUT2D eigenvalue weighted by Crippen LogP contribution is 2.27. The van der Waals surface area contributed by atoms with Gasteiger partial charge in [0.25, 0.3) is 0 Å². The van der Waals surface area contributed by atoms with Gasteiger partial charge in [0.2, 0.25) is 5.91 Å². The van der Waals surface area contributed by atoms with Crippen molar-refractivity contribution in [3.63, 3.8) is 0 Å². The number of amides is 1. The normalized spacial score (nSPS) is 16.1. The minimum Gasteiger partial charge on any atom is -0.356 e. The van der Waals surface area contributed by atoms with Crippen molar-refractivity contribution in [1.82, 2.24) is 20.1 Å². The summed E-state index contributed by atoms with van der Waals surface area (Å²) >= 11 is 5.03. The number of aromatic nitrogens is 3. The van der Waals surface area contributed by atoms with E-state index >= 15 is 0 Å². The van der Waals surface area contributed by atoms with Crippen LogP contribution in [0.25, 0.3) is 0 Å². The van der Waals surface area contributed by atoms with E-state index in [1.807, 2.05) is 11.6 Å². The first-order valence-electron chi connectivity index (χ1n) is 6.54. The maximum Gasteiger partial charge on any atom is 0.220 e. The summed E-state index contributed by atoms with van der Waals surface area (Å²) in [6.45, 7) is 0.624. The second-order valence-corrected chi connectivity index (χ2v) is 5.35. The number of nitrogens with one attached hydrogen (secondary N) is 2. The molecule has 0 radical (unpaired) electrons. The van der Waals surface area contributed by atoms with Gasteiger partial charge in [-0.2, -0.15) is 5.10 Å². The van der Waals surface area contributed by atoms with Crippen LogP contribution in [0.1, 0.15) is 37.9 Å². The minimum atomic E-state index is 0.165. The molecule has 1 aromatic rings. The summed E-state index contributed by atoms with van der Waals surface area (Å²) < 4.78 is 2.45. The molecule has 0 unspecified atom stereocenters. The van der Waals surface area contributed by atoms with Gasteiger partial charge in [-0.15, -0.1) is 0 Å². The van der Waals surface area contributed by atoms with E-state index in [9.17, 15) is 4.79 Å². The lowest BCUT2D eigenvalue weighted by Gasteiger charge is -2.09. The lowest BCUT2D eigenvalue weighted by Crippen LogP contribution is -2.27. The predicted octanol–water partition coefficient (Wildman–Crippen LogP) is 1.72. The van der Waals surface area contributed by atoms with E-state index < -0.39 is 0 Å². The van der Waals surface area contributed by atoms with Gasteiger partial charge in [-0.3, -0.25) is 9.89 Å². The molecule has 5 nitrogen and oxygen atoms in total. The van der Waals surface area contributed by atoms with Crippen LogP contribution in [0, 0.1) is 10.7 Å². The minimum absolute atomic E-state index is 0.165. The van der Waals surface area contributed by atoms with Gasteiger partial charge in [0.15, 0.2) is 4.77 Å². The Morgan fingerprint density at radius 2 is 2.28 bits per heavy atom. The summed E-state index contributed by atoms with van der Waals surface area (Å²) in [5, 5.41) is 9.80. The molecule has 0 bridgehead atoms. The molecule has 2 rings (SSSR count). The topological polar surface area (TPSA) is 62.7 Å². The molecule has 0 atom stereocenters. The largest absolute Gasteiger partial charge is 0.356 e. The third-order valence-electron chi connectivity index (χ3n) is 3.59. The summed E-state index contributed by atoms with van der Waals surface area (Å²) in [7, 11) is 1.88. The van der Waals surface area contributed by atoms with Gasteiger partial charge in [-0.25, -0.2) is 0 Å². The van der Waals surface area contributed by atoms with Gasteiger partial charge in [-0.05, 0) is 31.0 Å². The third-order valence-corrected chi connectivity index (χ3v) is 3.96. The third kappa shape index (κ3) is 3.41. The molecular weight excluding hydrogens is 248 g/mol. The fraction of sp³-hybridized carbons (Fsp3) is 0.750. The van der Waals surface area contributed by atoms with Crippen LogP contribution in [0.4, 0.5) is 0 Å². The van der Waals surface area contributed by atoms with E-state index in [0.29, 0.717) is 30.1 Å². The molecule has 100 valence electrons. The molecule has 1 fully saturated rings. The first-order chi connectivity index (χ1) is 8.66. The van der Waals surface area contributed by atoms with Gasteiger partial charge in [-0.1, -0.05) is 12.8 Å². The molecule has 0 aromatic carbocycles. The van der Waals surface area contributed by atoms with E-state index in [1.54, 1.807) is 0 Å². The first kappa shape index (κ1) is 13.3. The van der Waals surface area contributed by atoms with E-state index in [2.05, 4.69) is 15.5 Å². The molecule has 1 aliphatic carbocycles. The average molecular weight is 268 g/mol. The van der Waals surface area contributed by atoms with Crippen LogP contribution in [0.2, 0.25) is 0 Å². The van der Waals surface area contributed by atoms with Gasteiger partial charge in [0.05, 0.1) is 0 Å². The summed E-state index contributed by atoms with van der Waals surface area (Å²) in [5.41, 5.74) is 0. The Balaban J connectivity index is 1.70. The van der Waals surface area contributed by atoms with E-state index in [-0.39, 0.29) is 5.91 Å². The van der Waals surface area contributed by atoms with Crippen molar-refractivity contribution in [3.05, 3.63) is 10.6 Å². The predicted molar refractivity (Wildman–Crippen MR) is 71.7 cm³/mol. The Bertz CT molecular complexity index is 459. The molecule has 1 amide bonds. The van der Waals surface area contributed by atoms with Crippen molar-refractivity contribution in [2.45, 2.75) is 38.5 Å². The number of nitrogens with zero attached hydrogens (tertiary/aromatic N) is 2. The molecule has 1 aromatic heterocycles. The fourth-order valence-corrected chi connectivity index (χ4v) is 2.62. The zero-order valence-corrected chi connectivity index (χ0v) is 11.6. The van der Waals surface area contributed by atoms with E-state index in [0.717, 1.165) is 5.82 Å². The number of rotatable bonds is 5. The molecule has 1 aliphatic rings. The summed E-state index contributed by atoms with van der Waals surface area (Å²) in [6, 6.07) is 0. The molecular formula is C12H20N4OS. The van der Waals surface area contributed by atoms with Crippen molar-refractivity contribution in [1.29, 1.82) is 0 Å². The molecule has 0 aliphatic heterocycles. The molecule has 1 heterocycles. The molecule has 6 heteroatoms. The maximum absolute atomic E-state index is 11.7. The molecule has 1 saturated carbocycles. The van der Waals surface area contributed by atoms with Gasteiger partial charge >= 0.3 is 0 Å². The van der Waals surface area contributed by atoms with Crippen molar-refractivity contribution >= 4 is 18.1 Å². The molecule has 0 spiro atoms. The fourth-order valence-electron chi connectivity index (χ4n) is 2.47. The molecule has 18 heavy (non-hydrogen) atoms. The van der Waals surface area contributed by atoms with Gasteiger partial charge in [0.1, 0.15) is 5.82 Å². The highest BCUT2D eigenvalue weighted by Gasteiger charge is 2.18. The smallest absolute Gasteiger partial charge is 0.220 e. The first-order valence-corrected chi connectivity index (χ1v) is 6.94. The summed E-state index contributed by atoms with van der Waals surface area (Å²) in [4.78, 5) is 11.7. The lowest BCUT2D eigenvalue weighted by molar-refractivity contribution is -0.121. The van der Waals surface area contributed by atoms with E-state index in [4.69, 9.17) is 12.2 Å². The highest BCUT2D eigenvalue weighted by molar-refractivity contribution is 7.71. The Kier molecular flexibility index (Phi) is 4.52. The van der Waals surface area contributed by atoms with Crippen molar-refractivity contribution in [2.75, 3.05) is 6.54 Å². The van der Waals surface area contributed by atoms with Crippen LogP contribution in [-0.2, 0) is 18.3 Å². The Hall–Kier alpha value is -1.17. The van der Waals surface area contributed by atoms with Crippen LogP contribution in [0.15, 0.2) is 0 Å². The number of hydrogen-bond donors (Lipinski definition) is 2. The quantitative estimate of drug-likeness (QED) is 0.799. The van der Waals surface area contributed by atoms with E-state index in [1.165, 1.54) is 25.7 Å². The van der Waals surface area contributed by atoms with Crippen molar-refractivity contribution in [3.8, 4) is 0 Å². The Labute approximate surface area is 112 Å². The maximum atomic E-state index is 11.7. The summed E-state index contributed by atoms with van der Waals surface area (Å²) in [6.07, 6.45) is 6.37. The SMILES string of the molecule is Cn1c(CCNC(=O)CC2CCCC2)n[nH]c1=S. The Morgan fingerprint density at radius 1 is 1.56 bits per heavy atom. The summed E-state index contributed by atoms with van der Waals surface area (Å²) in [5.74, 6) is 1.64.